The lowest BCUT2D eigenvalue weighted by Crippen LogP contribution is -2.55. The molecule has 1 aliphatic heterocycles. The van der Waals surface area contributed by atoms with Gasteiger partial charge in [-0.05, 0) is 18.4 Å². The number of piperazine rings is 1. The summed E-state index contributed by atoms with van der Waals surface area (Å²) in [4.78, 5) is 14.2. The molecule has 0 spiro atoms. The predicted molar refractivity (Wildman–Crippen MR) is 69.9 cm³/mol. The van der Waals surface area contributed by atoms with Gasteiger partial charge in [-0.3, -0.25) is 14.4 Å². The molecule has 1 aromatic heterocycles. The minimum atomic E-state index is -0.00588. The van der Waals surface area contributed by atoms with Gasteiger partial charge in [-0.2, -0.15) is 5.10 Å². The maximum atomic E-state index is 12.0. The lowest BCUT2D eigenvalue weighted by atomic mass is 10.00. The summed E-state index contributed by atoms with van der Waals surface area (Å²) in [6.45, 7) is 6.76. The summed E-state index contributed by atoms with van der Waals surface area (Å²) in [7, 11) is 1.94. The van der Waals surface area contributed by atoms with Crippen LogP contribution in [0.3, 0.4) is 0 Å². The Balaban J connectivity index is 2.08. The van der Waals surface area contributed by atoms with Crippen molar-refractivity contribution < 1.29 is 4.79 Å². The summed E-state index contributed by atoms with van der Waals surface area (Å²) in [5, 5.41) is 7.14. The fourth-order valence-electron chi connectivity index (χ4n) is 2.42. The number of hydrogen-bond acceptors (Lipinski definition) is 3. The van der Waals surface area contributed by atoms with Gasteiger partial charge in [0, 0.05) is 32.9 Å². The Morgan fingerprint density at radius 1 is 1.56 bits per heavy atom. The topological polar surface area (TPSA) is 50.2 Å². The van der Waals surface area contributed by atoms with Crippen LogP contribution in [0.25, 0.3) is 0 Å². The second-order valence-electron chi connectivity index (χ2n) is 5.35. The van der Waals surface area contributed by atoms with Gasteiger partial charge < -0.3 is 5.32 Å². The van der Waals surface area contributed by atoms with Crippen molar-refractivity contribution in [3.63, 3.8) is 0 Å². The van der Waals surface area contributed by atoms with E-state index < -0.39 is 0 Å². The number of carbonyl (C=O) groups is 1. The van der Waals surface area contributed by atoms with E-state index in [0.29, 0.717) is 5.92 Å². The molecular weight excluding hydrogens is 228 g/mol. The van der Waals surface area contributed by atoms with Gasteiger partial charge in [0.2, 0.25) is 5.91 Å². The number of aryl methyl sites for hydroxylation is 1. The molecule has 0 saturated carbocycles. The highest BCUT2D eigenvalue weighted by Gasteiger charge is 2.30. The van der Waals surface area contributed by atoms with Crippen molar-refractivity contribution in [1.82, 2.24) is 20.0 Å². The highest BCUT2D eigenvalue weighted by molar-refractivity contribution is 5.82. The van der Waals surface area contributed by atoms with Gasteiger partial charge >= 0.3 is 0 Å². The zero-order valence-corrected chi connectivity index (χ0v) is 11.4. The van der Waals surface area contributed by atoms with Crippen molar-refractivity contribution in [2.45, 2.75) is 32.9 Å². The lowest BCUT2D eigenvalue weighted by molar-refractivity contribution is -0.130. The maximum absolute atomic E-state index is 12.0. The first-order valence-corrected chi connectivity index (χ1v) is 6.56. The number of carbonyl (C=O) groups excluding carboxylic acids is 1. The summed E-state index contributed by atoms with van der Waals surface area (Å²) in [5.41, 5.74) is 1.15. The van der Waals surface area contributed by atoms with E-state index in [0.717, 1.165) is 31.7 Å². The molecule has 1 aliphatic rings. The van der Waals surface area contributed by atoms with Gasteiger partial charge in [0.1, 0.15) is 0 Å². The van der Waals surface area contributed by atoms with Gasteiger partial charge in [0.15, 0.2) is 0 Å². The van der Waals surface area contributed by atoms with E-state index in [1.54, 1.807) is 6.20 Å². The molecule has 0 aliphatic carbocycles. The molecule has 0 aromatic carbocycles. The zero-order chi connectivity index (χ0) is 13.1. The van der Waals surface area contributed by atoms with E-state index in [4.69, 9.17) is 0 Å². The molecule has 2 rings (SSSR count). The average Bonchev–Trinajstić information content (AvgIpc) is 2.69. The largest absolute Gasteiger partial charge is 0.353 e. The van der Waals surface area contributed by atoms with Crippen molar-refractivity contribution in [2.24, 2.45) is 13.0 Å². The Kier molecular flexibility index (Phi) is 4.01. The first-order valence-electron chi connectivity index (χ1n) is 6.56. The number of hydrogen-bond donors (Lipinski definition) is 1. The summed E-state index contributed by atoms with van der Waals surface area (Å²) in [6.07, 6.45) is 2.71. The molecule has 2 heterocycles. The van der Waals surface area contributed by atoms with Gasteiger partial charge in [-0.25, -0.2) is 0 Å². The third kappa shape index (κ3) is 2.90. The normalized spacial score (nSPS) is 21.3. The number of nitrogens with zero attached hydrogens (tertiary/aromatic N) is 3. The standard InChI is InChI=1S/C13H22N4O/c1-10(2)8-12-13(18)14-6-7-17(12)9-11-4-5-15-16(11)3/h4-5,10,12H,6-9H2,1-3H3,(H,14,18)/t12-/m1/s1. The van der Waals surface area contributed by atoms with Crippen LogP contribution in [0.2, 0.25) is 0 Å². The molecule has 1 fully saturated rings. The quantitative estimate of drug-likeness (QED) is 0.858. The second-order valence-corrected chi connectivity index (χ2v) is 5.35. The monoisotopic (exact) mass is 250 g/mol. The number of rotatable bonds is 4. The molecule has 18 heavy (non-hydrogen) atoms. The minimum absolute atomic E-state index is 0.00588. The summed E-state index contributed by atoms with van der Waals surface area (Å²) >= 11 is 0. The molecule has 1 N–H and O–H groups in total. The third-order valence-corrected chi connectivity index (χ3v) is 3.42. The van der Waals surface area contributed by atoms with Crippen molar-refractivity contribution in [3.8, 4) is 0 Å². The molecule has 100 valence electrons. The molecule has 1 saturated heterocycles. The predicted octanol–water partition coefficient (Wildman–Crippen LogP) is 0.767. The van der Waals surface area contributed by atoms with E-state index in [1.165, 1.54) is 0 Å². The minimum Gasteiger partial charge on any atom is -0.353 e. The van der Waals surface area contributed by atoms with Gasteiger partial charge in [0.25, 0.3) is 0 Å². The molecular formula is C13H22N4O. The fraction of sp³-hybridized carbons (Fsp3) is 0.692. The van der Waals surface area contributed by atoms with Gasteiger partial charge in [0.05, 0.1) is 11.7 Å². The van der Waals surface area contributed by atoms with Crippen molar-refractivity contribution in [3.05, 3.63) is 18.0 Å². The van der Waals surface area contributed by atoms with Crippen LogP contribution in [0, 0.1) is 5.92 Å². The molecule has 1 amide bonds. The molecule has 1 aromatic rings. The van der Waals surface area contributed by atoms with E-state index in [9.17, 15) is 4.79 Å². The Morgan fingerprint density at radius 2 is 2.33 bits per heavy atom. The Morgan fingerprint density at radius 3 is 2.94 bits per heavy atom. The summed E-state index contributed by atoms with van der Waals surface area (Å²) < 4.78 is 1.87. The molecule has 1 atom stereocenters. The molecule has 0 radical (unpaired) electrons. The van der Waals surface area contributed by atoms with Gasteiger partial charge in [-0.1, -0.05) is 13.8 Å². The SMILES string of the molecule is CC(C)C[C@@H]1C(=O)NCCN1Cc1ccnn1C. The Bertz CT molecular complexity index is 413. The fourth-order valence-corrected chi connectivity index (χ4v) is 2.42. The molecule has 5 heteroatoms. The van der Waals surface area contributed by atoms with Crippen LogP contribution < -0.4 is 5.32 Å². The van der Waals surface area contributed by atoms with E-state index in [-0.39, 0.29) is 11.9 Å². The third-order valence-electron chi connectivity index (χ3n) is 3.42. The number of nitrogens with one attached hydrogen (secondary N) is 1. The Hall–Kier alpha value is -1.36. The van der Waals surface area contributed by atoms with Crippen LogP contribution in [0.4, 0.5) is 0 Å². The van der Waals surface area contributed by atoms with Crippen LogP contribution in [0.1, 0.15) is 26.0 Å². The highest BCUT2D eigenvalue weighted by Crippen LogP contribution is 2.17. The molecule has 0 unspecified atom stereocenters. The average molecular weight is 250 g/mol. The van der Waals surface area contributed by atoms with Crippen LogP contribution in [0.5, 0.6) is 0 Å². The van der Waals surface area contributed by atoms with Gasteiger partial charge in [-0.15, -0.1) is 0 Å². The van der Waals surface area contributed by atoms with Crippen molar-refractivity contribution in [2.75, 3.05) is 13.1 Å². The van der Waals surface area contributed by atoms with Crippen molar-refractivity contribution in [1.29, 1.82) is 0 Å². The lowest BCUT2D eigenvalue weighted by Gasteiger charge is -2.35. The second kappa shape index (κ2) is 5.52. The summed E-state index contributed by atoms with van der Waals surface area (Å²) in [6, 6.07) is 2.01. The van der Waals surface area contributed by atoms with Crippen LogP contribution in [0.15, 0.2) is 12.3 Å². The molecule has 0 bridgehead atoms. The van der Waals surface area contributed by atoms with Crippen molar-refractivity contribution >= 4 is 5.91 Å². The number of aromatic nitrogens is 2. The van der Waals surface area contributed by atoms with Crippen LogP contribution in [-0.2, 0) is 18.4 Å². The smallest absolute Gasteiger partial charge is 0.237 e. The van der Waals surface area contributed by atoms with E-state index >= 15 is 0 Å². The van der Waals surface area contributed by atoms with E-state index in [2.05, 4.69) is 29.2 Å². The number of amides is 1. The maximum Gasteiger partial charge on any atom is 0.237 e. The molecule has 5 nitrogen and oxygen atoms in total. The Labute approximate surface area is 108 Å². The van der Waals surface area contributed by atoms with E-state index in [1.807, 2.05) is 17.8 Å². The van der Waals surface area contributed by atoms with Crippen LogP contribution in [-0.4, -0.2) is 39.7 Å². The first kappa shape index (κ1) is 13.1. The zero-order valence-electron chi connectivity index (χ0n) is 11.4. The first-order chi connectivity index (χ1) is 8.58. The highest BCUT2D eigenvalue weighted by atomic mass is 16.2. The van der Waals surface area contributed by atoms with Crippen LogP contribution >= 0.6 is 0 Å². The summed E-state index contributed by atoms with van der Waals surface area (Å²) in [5.74, 6) is 0.685.